The molecule has 18 heavy (non-hydrogen) atoms. The quantitative estimate of drug-likeness (QED) is 0.897. The number of carbonyl (C=O) groups is 1. The van der Waals surface area contributed by atoms with Gasteiger partial charge in [-0.2, -0.15) is 0 Å². The van der Waals surface area contributed by atoms with E-state index in [1.54, 1.807) is 0 Å². The van der Waals surface area contributed by atoms with Crippen LogP contribution in [0.5, 0.6) is 0 Å². The molecule has 0 saturated heterocycles. The number of hydrogen-bond donors (Lipinski definition) is 2. The number of halogens is 1. The van der Waals surface area contributed by atoms with Gasteiger partial charge in [0.25, 0.3) is 0 Å². The third kappa shape index (κ3) is 2.66. The minimum Gasteiger partial charge on any atom is -0.459 e. The van der Waals surface area contributed by atoms with Crippen LogP contribution in [0.2, 0.25) is 0 Å². The number of nitrogens with two attached hydrogens (primary N) is 1. The molecule has 0 bridgehead atoms. The van der Waals surface area contributed by atoms with Crippen LogP contribution in [0, 0.1) is 6.92 Å². The summed E-state index contributed by atoms with van der Waals surface area (Å²) in [6, 6.07) is 7.66. The van der Waals surface area contributed by atoms with Crippen LogP contribution in [0.25, 0.3) is 11.0 Å². The molecule has 1 heterocycles. The van der Waals surface area contributed by atoms with Crippen molar-refractivity contribution >= 4 is 29.3 Å². The van der Waals surface area contributed by atoms with Crippen molar-refractivity contribution in [2.75, 3.05) is 6.54 Å². The lowest BCUT2D eigenvalue weighted by molar-refractivity contribution is -0.120. The molecule has 4 nitrogen and oxygen atoms in total. The molecule has 0 aliphatic carbocycles. The van der Waals surface area contributed by atoms with Crippen molar-refractivity contribution in [2.45, 2.75) is 19.9 Å². The number of aryl methyl sites for hydroxylation is 1. The first-order chi connectivity index (χ1) is 8.13. The van der Waals surface area contributed by atoms with Crippen molar-refractivity contribution in [2.24, 2.45) is 5.73 Å². The Morgan fingerprint density at radius 2 is 2.11 bits per heavy atom. The number of amides is 1. The highest BCUT2D eigenvalue weighted by atomic mass is 35.5. The molecular formula is C13H17ClN2O2. The molecular weight excluding hydrogens is 252 g/mol. The minimum absolute atomic E-state index is 0. The molecule has 0 aliphatic rings. The monoisotopic (exact) mass is 268 g/mol. The average Bonchev–Trinajstić information content (AvgIpc) is 2.67. The highest BCUT2D eigenvalue weighted by molar-refractivity contribution is 5.85. The zero-order valence-corrected chi connectivity index (χ0v) is 11.2. The van der Waals surface area contributed by atoms with Crippen molar-refractivity contribution in [1.29, 1.82) is 0 Å². The van der Waals surface area contributed by atoms with Gasteiger partial charge in [-0.1, -0.05) is 18.2 Å². The third-order valence-electron chi connectivity index (χ3n) is 2.84. The Bertz CT molecular complexity index is 551. The number of nitrogens with one attached hydrogen (secondary N) is 1. The summed E-state index contributed by atoms with van der Waals surface area (Å²) >= 11 is 0. The molecule has 0 saturated carbocycles. The Hall–Kier alpha value is -1.52. The fourth-order valence-corrected chi connectivity index (χ4v) is 1.97. The first kappa shape index (κ1) is 14.5. The maximum atomic E-state index is 11.2. The van der Waals surface area contributed by atoms with E-state index in [4.69, 9.17) is 10.2 Å². The van der Waals surface area contributed by atoms with Crippen molar-refractivity contribution in [1.82, 2.24) is 5.32 Å². The number of furan rings is 1. The Labute approximate surface area is 112 Å². The maximum absolute atomic E-state index is 11.2. The molecule has 98 valence electrons. The van der Waals surface area contributed by atoms with E-state index in [-0.39, 0.29) is 30.9 Å². The maximum Gasteiger partial charge on any atom is 0.234 e. The van der Waals surface area contributed by atoms with E-state index in [0.717, 1.165) is 22.3 Å². The van der Waals surface area contributed by atoms with Gasteiger partial charge in [0, 0.05) is 10.9 Å². The second-order valence-corrected chi connectivity index (χ2v) is 4.08. The zero-order valence-electron chi connectivity index (χ0n) is 10.4. The highest BCUT2D eigenvalue weighted by Crippen LogP contribution is 2.28. The van der Waals surface area contributed by atoms with Gasteiger partial charge >= 0.3 is 0 Å². The van der Waals surface area contributed by atoms with Crippen LogP contribution < -0.4 is 11.1 Å². The van der Waals surface area contributed by atoms with Gasteiger partial charge in [-0.05, 0) is 19.9 Å². The predicted octanol–water partition coefficient (Wildman–Crippen LogP) is 2.30. The summed E-state index contributed by atoms with van der Waals surface area (Å²) in [5.41, 5.74) is 7.17. The summed E-state index contributed by atoms with van der Waals surface area (Å²) in [4.78, 5) is 11.2. The molecule has 1 unspecified atom stereocenters. The van der Waals surface area contributed by atoms with Crippen molar-refractivity contribution in [3.63, 3.8) is 0 Å². The Morgan fingerprint density at radius 3 is 2.72 bits per heavy atom. The predicted molar refractivity (Wildman–Crippen MR) is 73.8 cm³/mol. The first-order valence-electron chi connectivity index (χ1n) is 5.61. The fourth-order valence-electron chi connectivity index (χ4n) is 1.97. The molecule has 0 radical (unpaired) electrons. The number of para-hydroxylation sites is 1. The minimum atomic E-state index is -0.183. The second kappa shape index (κ2) is 5.89. The number of carbonyl (C=O) groups excluding carboxylic acids is 1. The number of hydrogen-bond acceptors (Lipinski definition) is 3. The van der Waals surface area contributed by atoms with E-state index in [0.29, 0.717) is 0 Å². The van der Waals surface area contributed by atoms with Crippen LogP contribution in [0.15, 0.2) is 28.7 Å². The van der Waals surface area contributed by atoms with Crippen LogP contribution in [-0.2, 0) is 4.79 Å². The lowest BCUT2D eigenvalue weighted by atomic mass is 10.1. The summed E-state index contributed by atoms with van der Waals surface area (Å²) in [5.74, 6) is 0.602. The molecule has 1 atom stereocenters. The average molecular weight is 269 g/mol. The van der Waals surface area contributed by atoms with Crippen LogP contribution in [0.3, 0.4) is 0 Å². The SMILES string of the molecule is Cc1c(C(C)NC(=O)CN)oc2ccccc12.Cl. The summed E-state index contributed by atoms with van der Waals surface area (Å²) in [7, 11) is 0. The van der Waals surface area contributed by atoms with Crippen LogP contribution in [-0.4, -0.2) is 12.5 Å². The molecule has 1 amide bonds. The Morgan fingerprint density at radius 1 is 1.44 bits per heavy atom. The van der Waals surface area contributed by atoms with Gasteiger partial charge in [-0.15, -0.1) is 12.4 Å². The van der Waals surface area contributed by atoms with Crippen LogP contribution >= 0.6 is 12.4 Å². The number of rotatable bonds is 3. The smallest absolute Gasteiger partial charge is 0.234 e. The van der Waals surface area contributed by atoms with Gasteiger partial charge in [-0.25, -0.2) is 0 Å². The van der Waals surface area contributed by atoms with E-state index in [9.17, 15) is 4.79 Å². The largest absolute Gasteiger partial charge is 0.459 e. The van der Waals surface area contributed by atoms with E-state index < -0.39 is 0 Å². The van der Waals surface area contributed by atoms with Crippen LogP contribution in [0.4, 0.5) is 0 Å². The summed E-state index contributed by atoms with van der Waals surface area (Å²) < 4.78 is 5.75. The molecule has 2 aromatic rings. The summed E-state index contributed by atoms with van der Waals surface area (Å²) in [6.45, 7) is 3.87. The molecule has 5 heteroatoms. The molecule has 0 spiro atoms. The van der Waals surface area contributed by atoms with Crippen molar-refractivity contribution in [3.05, 3.63) is 35.6 Å². The summed E-state index contributed by atoms with van der Waals surface area (Å²) in [6.07, 6.45) is 0. The molecule has 1 aromatic carbocycles. The highest BCUT2D eigenvalue weighted by Gasteiger charge is 2.17. The molecule has 3 N–H and O–H groups in total. The standard InChI is InChI=1S/C13H16N2O2.ClH/c1-8-10-5-3-4-6-11(10)17-13(8)9(2)15-12(16)7-14;/h3-6,9H,7,14H2,1-2H3,(H,15,16);1H. The van der Waals surface area contributed by atoms with Gasteiger partial charge < -0.3 is 15.5 Å². The van der Waals surface area contributed by atoms with Gasteiger partial charge in [0.2, 0.25) is 5.91 Å². The lowest BCUT2D eigenvalue weighted by Crippen LogP contribution is -2.32. The van der Waals surface area contributed by atoms with Gasteiger partial charge in [0.05, 0.1) is 12.6 Å². The molecule has 2 rings (SSSR count). The Kier molecular flexibility index (Phi) is 4.76. The summed E-state index contributed by atoms with van der Waals surface area (Å²) in [5, 5.41) is 3.87. The second-order valence-electron chi connectivity index (χ2n) is 4.08. The van der Waals surface area contributed by atoms with Gasteiger partial charge in [0.1, 0.15) is 11.3 Å². The van der Waals surface area contributed by atoms with Crippen LogP contribution in [0.1, 0.15) is 24.3 Å². The van der Waals surface area contributed by atoms with Gasteiger partial charge in [-0.3, -0.25) is 4.79 Å². The fraction of sp³-hybridized carbons (Fsp3) is 0.308. The topological polar surface area (TPSA) is 68.3 Å². The van der Waals surface area contributed by atoms with E-state index in [2.05, 4.69) is 5.32 Å². The van der Waals surface area contributed by atoms with Crippen molar-refractivity contribution < 1.29 is 9.21 Å². The van der Waals surface area contributed by atoms with Crippen molar-refractivity contribution in [3.8, 4) is 0 Å². The van der Waals surface area contributed by atoms with E-state index >= 15 is 0 Å². The van der Waals surface area contributed by atoms with E-state index in [1.165, 1.54) is 0 Å². The van der Waals surface area contributed by atoms with E-state index in [1.807, 2.05) is 38.1 Å². The number of benzene rings is 1. The third-order valence-corrected chi connectivity index (χ3v) is 2.84. The lowest BCUT2D eigenvalue weighted by Gasteiger charge is -2.11. The molecule has 0 aliphatic heterocycles. The first-order valence-corrected chi connectivity index (χ1v) is 5.61. The normalized spacial score (nSPS) is 11.9. The Balaban J connectivity index is 0.00000162. The molecule has 1 aromatic heterocycles. The molecule has 0 fully saturated rings. The zero-order chi connectivity index (χ0) is 12.4. The number of fused-ring (bicyclic) bond motifs is 1. The van der Waals surface area contributed by atoms with Gasteiger partial charge in [0.15, 0.2) is 0 Å².